The van der Waals surface area contributed by atoms with Crippen molar-refractivity contribution in [2.45, 2.75) is 0 Å². The fourth-order valence-electron chi connectivity index (χ4n) is 3.62. The average Bonchev–Trinajstić information content (AvgIpc) is 3.36. The molecule has 0 fully saturated rings. The largest absolute Gasteiger partial charge is 0.497 e. The van der Waals surface area contributed by atoms with Crippen molar-refractivity contribution in [1.29, 1.82) is 0 Å². The Labute approximate surface area is 202 Å². The summed E-state index contributed by atoms with van der Waals surface area (Å²) < 4.78 is 12.9. The number of para-hydroxylation sites is 1. The molecule has 2 aromatic heterocycles. The second-order valence-electron chi connectivity index (χ2n) is 7.68. The van der Waals surface area contributed by atoms with E-state index in [1.807, 2.05) is 72.8 Å². The van der Waals surface area contributed by atoms with Crippen molar-refractivity contribution >= 4 is 11.6 Å². The number of amides is 1. The topological polar surface area (TPSA) is 78.3 Å². The van der Waals surface area contributed by atoms with Crippen LogP contribution in [0.5, 0.6) is 17.2 Å². The molecule has 0 aliphatic carbocycles. The number of anilines is 1. The van der Waals surface area contributed by atoms with Crippen LogP contribution >= 0.6 is 0 Å². The van der Waals surface area contributed by atoms with Gasteiger partial charge in [-0.3, -0.25) is 9.78 Å². The van der Waals surface area contributed by atoms with E-state index in [2.05, 4.69) is 10.3 Å². The van der Waals surface area contributed by atoms with Gasteiger partial charge in [0, 0.05) is 29.7 Å². The molecule has 172 valence electrons. The second kappa shape index (κ2) is 9.93. The van der Waals surface area contributed by atoms with Crippen molar-refractivity contribution in [3.8, 4) is 34.2 Å². The third-order valence-corrected chi connectivity index (χ3v) is 5.28. The van der Waals surface area contributed by atoms with Crippen molar-refractivity contribution in [1.82, 2.24) is 14.8 Å². The van der Waals surface area contributed by atoms with E-state index >= 15 is 0 Å². The summed E-state index contributed by atoms with van der Waals surface area (Å²) in [5.41, 5.74) is 3.20. The van der Waals surface area contributed by atoms with Gasteiger partial charge in [-0.1, -0.05) is 36.4 Å². The van der Waals surface area contributed by atoms with Crippen LogP contribution in [-0.2, 0) is 0 Å². The van der Waals surface area contributed by atoms with Crippen LogP contribution in [0.25, 0.3) is 16.9 Å². The summed E-state index contributed by atoms with van der Waals surface area (Å²) in [5.74, 6) is 1.59. The number of benzene rings is 3. The summed E-state index contributed by atoms with van der Waals surface area (Å²) in [6, 6.07) is 28.0. The molecule has 0 unspecified atom stereocenters. The molecule has 1 amide bonds. The van der Waals surface area contributed by atoms with Gasteiger partial charge in [0.25, 0.3) is 5.91 Å². The first-order chi connectivity index (χ1) is 17.2. The molecule has 5 rings (SSSR count). The third-order valence-electron chi connectivity index (χ3n) is 5.28. The average molecular weight is 463 g/mol. The zero-order chi connectivity index (χ0) is 24.0. The monoisotopic (exact) mass is 462 g/mol. The van der Waals surface area contributed by atoms with E-state index in [0.717, 1.165) is 11.3 Å². The van der Waals surface area contributed by atoms with Crippen molar-refractivity contribution < 1.29 is 14.3 Å². The van der Waals surface area contributed by atoms with Gasteiger partial charge < -0.3 is 14.8 Å². The van der Waals surface area contributed by atoms with Crippen molar-refractivity contribution in [2.24, 2.45) is 0 Å². The summed E-state index contributed by atoms with van der Waals surface area (Å²) in [6.07, 6.45) is 5.04. The molecule has 5 aromatic rings. The molecule has 35 heavy (non-hydrogen) atoms. The highest BCUT2D eigenvalue weighted by Crippen LogP contribution is 2.29. The molecule has 0 aliphatic heterocycles. The number of hydrogen-bond donors (Lipinski definition) is 1. The number of carbonyl (C=O) groups is 1. The maximum Gasteiger partial charge on any atom is 0.259 e. The number of nitrogens with one attached hydrogen (secondary N) is 1. The van der Waals surface area contributed by atoms with E-state index in [9.17, 15) is 4.79 Å². The van der Waals surface area contributed by atoms with Gasteiger partial charge in [-0.25, -0.2) is 4.68 Å². The molecule has 1 N–H and O–H groups in total. The molecule has 7 nitrogen and oxygen atoms in total. The van der Waals surface area contributed by atoms with Gasteiger partial charge in [-0.2, -0.15) is 5.10 Å². The zero-order valence-electron chi connectivity index (χ0n) is 19.0. The van der Waals surface area contributed by atoms with Crippen molar-refractivity contribution in [3.05, 3.63) is 115 Å². The summed E-state index contributed by atoms with van der Waals surface area (Å²) in [4.78, 5) is 17.5. The van der Waals surface area contributed by atoms with Crippen molar-refractivity contribution in [2.75, 3.05) is 12.4 Å². The van der Waals surface area contributed by atoms with Gasteiger partial charge in [0.1, 0.15) is 22.9 Å². The van der Waals surface area contributed by atoms with Crippen LogP contribution in [0.1, 0.15) is 10.4 Å². The maximum absolute atomic E-state index is 13.4. The molecule has 0 saturated carbocycles. The van der Waals surface area contributed by atoms with E-state index in [1.165, 1.54) is 0 Å². The molecule has 0 atom stereocenters. The number of aromatic nitrogens is 3. The van der Waals surface area contributed by atoms with Crippen LogP contribution in [-0.4, -0.2) is 27.8 Å². The Kier molecular flexibility index (Phi) is 6.21. The lowest BCUT2D eigenvalue weighted by molar-refractivity contribution is 0.102. The smallest absolute Gasteiger partial charge is 0.259 e. The predicted molar refractivity (Wildman–Crippen MR) is 134 cm³/mol. The van der Waals surface area contributed by atoms with Gasteiger partial charge in [-0.15, -0.1) is 0 Å². The lowest BCUT2D eigenvalue weighted by Gasteiger charge is -2.09. The molecule has 3 aromatic carbocycles. The molecule has 0 spiro atoms. The molecule has 0 radical (unpaired) electrons. The highest BCUT2D eigenvalue weighted by molar-refractivity contribution is 6.08. The van der Waals surface area contributed by atoms with Crippen molar-refractivity contribution in [3.63, 3.8) is 0 Å². The first-order valence-corrected chi connectivity index (χ1v) is 11.0. The second-order valence-corrected chi connectivity index (χ2v) is 7.68. The number of pyridine rings is 1. The van der Waals surface area contributed by atoms with Gasteiger partial charge in [0.15, 0.2) is 0 Å². The van der Waals surface area contributed by atoms with Crippen LogP contribution in [0.2, 0.25) is 0 Å². The van der Waals surface area contributed by atoms with Gasteiger partial charge >= 0.3 is 0 Å². The normalized spacial score (nSPS) is 10.5. The molecule has 0 saturated heterocycles. The number of methoxy groups -OCH3 is 1. The Balaban J connectivity index is 1.47. The lowest BCUT2D eigenvalue weighted by Crippen LogP contribution is -2.12. The molecule has 0 bridgehead atoms. The van der Waals surface area contributed by atoms with Gasteiger partial charge in [-0.05, 0) is 48.5 Å². The van der Waals surface area contributed by atoms with Crippen LogP contribution in [0, 0.1) is 0 Å². The number of hydrogen-bond acceptors (Lipinski definition) is 5. The Morgan fingerprint density at radius 1 is 0.857 bits per heavy atom. The fraction of sp³-hybridized carbons (Fsp3) is 0.0357. The number of carbonyl (C=O) groups excluding carboxylic acids is 1. The summed E-state index contributed by atoms with van der Waals surface area (Å²) >= 11 is 0. The fourth-order valence-corrected chi connectivity index (χ4v) is 3.62. The minimum Gasteiger partial charge on any atom is -0.497 e. The minimum absolute atomic E-state index is 0.288. The molecule has 7 heteroatoms. The Hall–Kier alpha value is -4.91. The molecule has 0 aliphatic rings. The minimum atomic E-state index is -0.288. The molecular weight excluding hydrogens is 440 g/mol. The Morgan fingerprint density at radius 3 is 2.46 bits per heavy atom. The van der Waals surface area contributed by atoms with E-state index in [-0.39, 0.29) is 5.91 Å². The number of nitrogens with zero attached hydrogens (tertiary/aromatic N) is 3. The standard InChI is InChI=1S/C28H22N4O3/c1-34-23-12-5-8-20(16-23)27-26(19-32(31-27)22-10-3-2-4-11-22)28(33)30-21-9-6-13-24(17-21)35-25-14-7-15-29-18-25/h2-19H,1H3,(H,30,33). The van der Waals surface area contributed by atoms with Gasteiger partial charge in [0.2, 0.25) is 0 Å². The summed E-state index contributed by atoms with van der Waals surface area (Å²) in [6.45, 7) is 0. The van der Waals surface area contributed by atoms with E-state index in [1.54, 1.807) is 48.6 Å². The highest BCUT2D eigenvalue weighted by Gasteiger charge is 2.19. The van der Waals surface area contributed by atoms with Crippen LogP contribution < -0.4 is 14.8 Å². The quantitative estimate of drug-likeness (QED) is 0.322. The zero-order valence-corrected chi connectivity index (χ0v) is 19.0. The van der Waals surface area contributed by atoms with Gasteiger partial charge in [0.05, 0.1) is 24.6 Å². The van der Waals surface area contributed by atoms with Crippen LogP contribution in [0.4, 0.5) is 5.69 Å². The van der Waals surface area contributed by atoms with E-state index in [0.29, 0.717) is 34.2 Å². The van der Waals surface area contributed by atoms with E-state index in [4.69, 9.17) is 14.6 Å². The predicted octanol–water partition coefficient (Wildman–Crippen LogP) is 5.99. The molecule has 2 heterocycles. The lowest BCUT2D eigenvalue weighted by atomic mass is 10.1. The van der Waals surface area contributed by atoms with Crippen LogP contribution in [0.3, 0.4) is 0 Å². The Morgan fingerprint density at radius 2 is 1.66 bits per heavy atom. The maximum atomic E-state index is 13.4. The summed E-state index contributed by atoms with van der Waals surface area (Å²) in [5, 5.41) is 7.70. The molecular formula is C28H22N4O3. The highest BCUT2D eigenvalue weighted by atomic mass is 16.5. The van der Waals surface area contributed by atoms with Crippen LogP contribution in [0.15, 0.2) is 110 Å². The van der Waals surface area contributed by atoms with E-state index < -0.39 is 0 Å². The number of rotatable bonds is 7. The summed E-state index contributed by atoms with van der Waals surface area (Å²) in [7, 11) is 1.61. The third kappa shape index (κ3) is 5.04. The first-order valence-electron chi connectivity index (χ1n) is 11.0. The SMILES string of the molecule is COc1cccc(-c2nn(-c3ccccc3)cc2C(=O)Nc2cccc(Oc3cccnc3)c2)c1. The number of ether oxygens (including phenoxy) is 2. The Bertz CT molecular complexity index is 1450. The first kappa shape index (κ1) is 21.9.